The standard InChI is InChI=1S/C26H36N2O6S2/c1-8-36(32,33)20-15-26(24(30)31,14-16(2)3)28(21(20)22-27-11-12-35-22)23(29)17-9-10-18(25(4,5)6)19(13-17)34-7/h9-13,16,20-21H,8,14-15H2,1-7H3,(H,30,31)/t20-,21+,26-/m0/s1. The number of sulfone groups is 1. The first-order valence-corrected chi connectivity index (χ1v) is 14.7. The van der Waals surface area contributed by atoms with Crippen LogP contribution in [-0.2, 0) is 20.0 Å². The first-order chi connectivity index (χ1) is 16.7. The summed E-state index contributed by atoms with van der Waals surface area (Å²) < 4.78 is 32.2. The number of likely N-dealkylation sites (tertiary alicyclic amines) is 1. The van der Waals surface area contributed by atoms with E-state index in [0.29, 0.717) is 10.8 Å². The summed E-state index contributed by atoms with van der Waals surface area (Å²) in [5, 5.41) is 11.6. The van der Waals surface area contributed by atoms with Gasteiger partial charge in [0.05, 0.1) is 12.4 Å². The van der Waals surface area contributed by atoms with Crippen LogP contribution in [0.15, 0.2) is 29.8 Å². The summed E-state index contributed by atoms with van der Waals surface area (Å²) in [4.78, 5) is 32.8. The molecule has 1 aliphatic rings. The average Bonchev–Trinajstić information content (AvgIpc) is 3.44. The van der Waals surface area contributed by atoms with Gasteiger partial charge in [0.1, 0.15) is 22.3 Å². The molecule has 0 radical (unpaired) electrons. The van der Waals surface area contributed by atoms with E-state index in [0.717, 1.165) is 5.56 Å². The first-order valence-electron chi connectivity index (χ1n) is 12.1. The van der Waals surface area contributed by atoms with Gasteiger partial charge in [0.25, 0.3) is 5.91 Å². The molecule has 3 atom stereocenters. The molecule has 1 amide bonds. The largest absolute Gasteiger partial charge is 0.496 e. The maximum absolute atomic E-state index is 14.2. The average molecular weight is 537 g/mol. The second kappa shape index (κ2) is 10.1. The van der Waals surface area contributed by atoms with E-state index in [4.69, 9.17) is 4.74 Å². The maximum atomic E-state index is 14.2. The lowest BCUT2D eigenvalue weighted by Crippen LogP contribution is -2.54. The highest BCUT2D eigenvalue weighted by Gasteiger charge is 2.62. The Morgan fingerprint density at radius 1 is 1.31 bits per heavy atom. The molecule has 0 spiro atoms. The molecule has 3 rings (SSSR count). The van der Waals surface area contributed by atoms with Gasteiger partial charge in [0.2, 0.25) is 0 Å². The Bertz CT molecular complexity index is 1220. The van der Waals surface area contributed by atoms with Crippen LogP contribution in [0.3, 0.4) is 0 Å². The van der Waals surface area contributed by atoms with E-state index in [1.54, 1.807) is 30.6 Å². The number of carbonyl (C=O) groups excluding carboxylic acids is 1. The van der Waals surface area contributed by atoms with E-state index in [1.165, 1.54) is 23.3 Å². The number of carboxylic acid groups (broad SMARTS) is 1. The van der Waals surface area contributed by atoms with Crippen molar-refractivity contribution in [1.29, 1.82) is 0 Å². The summed E-state index contributed by atoms with van der Waals surface area (Å²) >= 11 is 1.22. The Kier molecular flexibility index (Phi) is 7.91. The Balaban J connectivity index is 2.29. The van der Waals surface area contributed by atoms with Crippen LogP contribution in [0, 0.1) is 5.92 Å². The topological polar surface area (TPSA) is 114 Å². The van der Waals surface area contributed by atoms with Crippen LogP contribution in [-0.4, -0.2) is 58.9 Å². The third kappa shape index (κ3) is 5.02. The minimum absolute atomic E-state index is 0.103. The molecule has 1 aliphatic heterocycles. The third-order valence-electron chi connectivity index (χ3n) is 6.82. The van der Waals surface area contributed by atoms with E-state index < -0.39 is 38.5 Å². The van der Waals surface area contributed by atoms with Crippen LogP contribution in [0.1, 0.15) is 81.4 Å². The van der Waals surface area contributed by atoms with E-state index in [9.17, 15) is 23.1 Å². The highest BCUT2D eigenvalue weighted by atomic mass is 32.2. The number of amides is 1. The summed E-state index contributed by atoms with van der Waals surface area (Å²) in [7, 11) is -2.19. The number of thiazole rings is 1. The number of rotatable bonds is 8. The van der Waals surface area contributed by atoms with Gasteiger partial charge >= 0.3 is 5.97 Å². The number of aliphatic carboxylic acids is 1. The van der Waals surface area contributed by atoms with Gasteiger partial charge in [-0.25, -0.2) is 18.2 Å². The molecule has 8 nitrogen and oxygen atoms in total. The number of hydrogen-bond donors (Lipinski definition) is 1. The molecule has 0 aliphatic carbocycles. The molecule has 0 saturated carbocycles. The zero-order chi connectivity index (χ0) is 27.1. The van der Waals surface area contributed by atoms with Crippen LogP contribution in [0.5, 0.6) is 5.75 Å². The second-order valence-corrected chi connectivity index (χ2v) is 14.2. The van der Waals surface area contributed by atoms with Crippen LogP contribution in [0.25, 0.3) is 0 Å². The number of carboxylic acids is 1. The van der Waals surface area contributed by atoms with Gasteiger partial charge in [0, 0.05) is 29.3 Å². The lowest BCUT2D eigenvalue weighted by Gasteiger charge is -2.38. The molecular weight excluding hydrogens is 500 g/mol. The number of nitrogens with zero attached hydrogens (tertiary/aromatic N) is 2. The van der Waals surface area contributed by atoms with Crippen LogP contribution in [0.2, 0.25) is 0 Å². The van der Waals surface area contributed by atoms with Gasteiger partial charge in [-0.3, -0.25) is 4.79 Å². The molecule has 10 heteroatoms. The molecular formula is C26H36N2O6S2. The van der Waals surface area contributed by atoms with Gasteiger partial charge in [-0.1, -0.05) is 47.6 Å². The summed E-state index contributed by atoms with van der Waals surface area (Å²) in [5.74, 6) is -1.51. The molecule has 1 aromatic carbocycles. The lowest BCUT2D eigenvalue weighted by molar-refractivity contribution is -0.150. The maximum Gasteiger partial charge on any atom is 0.329 e. The van der Waals surface area contributed by atoms with E-state index in [2.05, 4.69) is 4.98 Å². The normalized spacial score (nSPS) is 22.7. The van der Waals surface area contributed by atoms with Gasteiger partial charge in [-0.15, -0.1) is 11.3 Å². The zero-order valence-electron chi connectivity index (χ0n) is 21.9. The number of ether oxygens (including phenoxy) is 1. The number of hydrogen-bond acceptors (Lipinski definition) is 7. The van der Waals surface area contributed by atoms with Crippen molar-refractivity contribution in [3.05, 3.63) is 45.9 Å². The minimum Gasteiger partial charge on any atom is -0.496 e. The van der Waals surface area contributed by atoms with E-state index >= 15 is 0 Å². The molecule has 36 heavy (non-hydrogen) atoms. The molecule has 1 aromatic heterocycles. The van der Waals surface area contributed by atoms with Crippen molar-refractivity contribution in [3.63, 3.8) is 0 Å². The van der Waals surface area contributed by atoms with Crippen LogP contribution in [0.4, 0.5) is 0 Å². The van der Waals surface area contributed by atoms with Crippen molar-refractivity contribution in [2.24, 2.45) is 5.92 Å². The monoisotopic (exact) mass is 536 g/mol. The fourth-order valence-electron chi connectivity index (χ4n) is 5.20. The van der Waals surface area contributed by atoms with Crippen molar-refractivity contribution in [3.8, 4) is 5.75 Å². The molecule has 198 valence electrons. The van der Waals surface area contributed by atoms with E-state index in [-0.39, 0.29) is 35.5 Å². The quantitative estimate of drug-likeness (QED) is 0.520. The molecule has 0 unspecified atom stereocenters. The molecule has 1 saturated heterocycles. The number of methoxy groups -OCH3 is 1. The van der Waals surface area contributed by atoms with Crippen LogP contribution < -0.4 is 4.74 Å². The van der Waals surface area contributed by atoms with Gasteiger partial charge < -0.3 is 14.7 Å². The fourth-order valence-corrected chi connectivity index (χ4v) is 7.68. The summed E-state index contributed by atoms with van der Waals surface area (Å²) in [6.45, 7) is 11.4. The number of carbonyl (C=O) groups is 2. The predicted molar refractivity (Wildman–Crippen MR) is 140 cm³/mol. The lowest BCUT2D eigenvalue weighted by atomic mass is 9.84. The number of benzene rings is 1. The van der Waals surface area contributed by atoms with Gasteiger partial charge in [-0.05, 0) is 35.4 Å². The zero-order valence-corrected chi connectivity index (χ0v) is 23.6. The van der Waals surface area contributed by atoms with Crippen LogP contribution >= 0.6 is 11.3 Å². The Morgan fingerprint density at radius 2 is 1.97 bits per heavy atom. The fraction of sp³-hybridized carbons (Fsp3) is 0.577. The second-order valence-electron chi connectivity index (χ2n) is 10.8. The van der Waals surface area contributed by atoms with Crippen molar-refractivity contribution in [2.45, 2.75) is 76.6 Å². The third-order valence-corrected chi connectivity index (χ3v) is 9.82. The van der Waals surface area contributed by atoms with Gasteiger partial charge in [0.15, 0.2) is 9.84 Å². The summed E-state index contributed by atoms with van der Waals surface area (Å²) in [6.07, 6.45) is 1.47. The Labute approximate surface area is 217 Å². The highest BCUT2D eigenvalue weighted by Crippen LogP contribution is 2.50. The van der Waals surface area contributed by atoms with Gasteiger partial charge in [-0.2, -0.15) is 0 Å². The van der Waals surface area contributed by atoms with Crippen molar-refractivity contribution >= 4 is 33.1 Å². The molecule has 1 fully saturated rings. The molecule has 0 bridgehead atoms. The molecule has 1 N–H and O–H groups in total. The molecule has 2 heterocycles. The van der Waals surface area contributed by atoms with Crippen molar-refractivity contribution < 1.29 is 27.9 Å². The summed E-state index contributed by atoms with van der Waals surface area (Å²) in [5.41, 5.74) is -0.806. The predicted octanol–water partition coefficient (Wildman–Crippen LogP) is 4.71. The highest BCUT2D eigenvalue weighted by molar-refractivity contribution is 7.92. The SMILES string of the molecule is CCS(=O)(=O)[C@H]1C[C@@](CC(C)C)(C(=O)O)N(C(=O)c2ccc(C(C)(C)C)c(OC)c2)[C@H]1c1nccs1. The number of aromatic nitrogens is 1. The molecule has 2 aromatic rings. The smallest absolute Gasteiger partial charge is 0.329 e. The Morgan fingerprint density at radius 3 is 2.44 bits per heavy atom. The minimum atomic E-state index is -3.72. The van der Waals surface area contributed by atoms with Crippen molar-refractivity contribution in [1.82, 2.24) is 9.88 Å². The van der Waals surface area contributed by atoms with E-state index in [1.807, 2.05) is 40.7 Å². The van der Waals surface area contributed by atoms with Crippen molar-refractivity contribution in [2.75, 3.05) is 12.9 Å². The first kappa shape index (κ1) is 28.1. The Hall–Kier alpha value is -2.46. The summed E-state index contributed by atoms with van der Waals surface area (Å²) in [6, 6.07) is 4.08.